The smallest absolute Gasteiger partial charge is 0.243 e. The van der Waals surface area contributed by atoms with E-state index < -0.39 is 0 Å². The molecule has 0 aromatic carbocycles. The molecule has 2 heterocycles. The minimum atomic E-state index is -0.184. The maximum absolute atomic E-state index is 5.99. The third-order valence-corrected chi connectivity index (χ3v) is 2.77. The van der Waals surface area contributed by atoms with E-state index in [1.165, 1.54) is 0 Å². The first-order valence-electron chi connectivity index (χ1n) is 6.23. The lowest BCUT2D eigenvalue weighted by Gasteiger charge is -2.03. The quantitative estimate of drug-likeness (QED) is 0.877. The molecule has 2 aromatic heterocycles. The van der Waals surface area contributed by atoms with E-state index in [-0.39, 0.29) is 6.04 Å². The van der Waals surface area contributed by atoms with Crippen LogP contribution in [0.3, 0.4) is 0 Å². The molecule has 0 saturated carbocycles. The van der Waals surface area contributed by atoms with Crippen molar-refractivity contribution in [2.45, 2.75) is 39.2 Å². The van der Waals surface area contributed by atoms with Gasteiger partial charge in [0.15, 0.2) is 0 Å². The fraction of sp³-hybridized carbons (Fsp3) is 0.462. The topological polar surface area (TPSA) is 77.8 Å². The van der Waals surface area contributed by atoms with Gasteiger partial charge in [0.2, 0.25) is 11.7 Å². The summed E-state index contributed by atoms with van der Waals surface area (Å²) in [6, 6.07) is 3.67. The molecule has 2 N–H and O–H groups in total. The molecule has 1 atom stereocenters. The zero-order valence-corrected chi connectivity index (χ0v) is 10.8. The number of hydrogen-bond acceptors (Lipinski definition) is 5. The summed E-state index contributed by atoms with van der Waals surface area (Å²) in [5.74, 6) is 0.988. The lowest BCUT2D eigenvalue weighted by atomic mass is 10.1. The number of pyridine rings is 1. The number of aryl methyl sites for hydroxylation is 1. The lowest BCUT2D eigenvalue weighted by Crippen LogP contribution is -2.10. The van der Waals surface area contributed by atoms with Crippen LogP contribution in [0.1, 0.15) is 43.7 Å². The molecule has 5 nitrogen and oxygen atoms in total. The summed E-state index contributed by atoms with van der Waals surface area (Å²) in [6.07, 6.45) is 4.76. The van der Waals surface area contributed by atoms with Crippen molar-refractivity contribution in [1.29, 1.82) is 0 Å². The second kappa shape index (κ2) is 5.73. The number of nitrogens with two attached hydrogens (primary N) is 1. The van der Waals surface area contributed by atoms with Crippen LogP contribution < -0.4 is 5.73 Å². The number of nitrogens with zero attached hydrogens (tertiary/aromatic N) is 3. The summed E-state index contributed by atoms with van der Waals surface area (Å²) in [5.41, 5.74) is 7.81. The van der Waals surface area contributed by atoms with Gasteiger partial charge in [-0.3, -0.25) is 4.98 Å². The molecule has 0 aliphatic rings. The van der Waals surface area contributed by atoms with Crippen LogP contribution in [0.4, 0.5) is 0 Å². The van der Waals surface area contributed by atoms with E-state index in [1.54, 1.807) is 6.20 Å². The van der Waals surface area contributed by atoms with E-state index in [2.05, 4.69) is 22.0 Å². The Morgan fingerprint density at radius 1 is 1.44 bits per heavy atom. The largest absolute Gasteiger partial charge is 0.337 e. The molecular weight excluding hydrogens is 228 g/mol. The summed E-state index contributed by atoms with van der Waals surface area (Å²) in [5, 5.41) is 3.93. The highest BCUT2D eigenvalue weighted by atomic mass is 16.5. The van der Waals surface area contributed by atoms with Gasteiger partial charge < -0.3 is 10.3 Å². The molecule has 0 amide bonds. The molecule has 0 aliphatic carbocycles. The van der Waals surface area contributed by atoms with Crippen molar-refractivity contribution in [3.63, 3.8) is 0 Å². The van der Waals surface area contributed by atoms with E-state index in [9.17, 15) is 0 Å². The van der Waals surface area contributed by atoms with Gasteiger partial charge >= 0.3 is 0 Å². The monoisotopic (exact) mass is 246 g/mol. The van der Waals surface area contributed by atoms with Crippen molar-refractivity contribution in [2.75, 3.05) is 0 Å². The van der Waals surface area contributed by atoms with Gasteiger partial charge in [0.1, 0.15) is 5.69 Å². The molecule has 0 spiro atoms. The minimum Gasteiger partial charge on any atom is -0.337 e. The number of hydrogen-bond donors (Lipinski definition) is 1. The first-order valence-corrected chi connectivity index (χ1v) is 6.23. The van der Waals surface area contributed by atoms with E-state index in [0.29, 0.717) is 17.4 Å². The molecule has 0 aliphatic heterocycles. The number of aromatic nitrogens is 3. The summed E-state index contributed by atoms with van der Waals surface area (Å²) in [4.78, 5) is 8.53. The highest BCUT2D eigenvalue weighted by Crippen LogP contribution is 2.19. The molecule has 0 fully saturated rings. The zero-order valence-electron chi connectivity index (χ0n) is 10.8. The Labute approximate surface area is 106 Å². The highest BCUT2D eigenvalue weighted by Gasteiger charge is 2.15. The second-order valence-corrected chi connectivity index (χ2v) is 4.42. The second-order valence-electron chi connectivity index (χ2n) is 4.42. The van der Waals surface area contributed by atoms with E-state index in [1.807, 2.05) is 19.1 Å². The first-order chi connectivity index (χ1) is 8.70. The molecule has 0 bridgehead atoms. The SMILES string of the molecule is CCCCC(N)c1nc(-c2cc(C)ccn2)no1. The van der Waals surface area contributed by atoms with Gasteiger partial charge in [-0.15, -0.1) is 0 Å². The number of rotatable bonds is 5. The predicted molar refractivity (Wildman–Crippen MR) is 68.7 cm³/mol. The molecule has 2 aromatic rings. The molecular formula is C13H18N4O. The first kappa shape index (κ1) is 12.7. The van der Waals surface area contributed by atoms with Crippen molar-refractivity contribution >= 4 is 0 Å². The van der Waals surface area contributed by atoms with Crippen LogP contribution in [0.25, 0.3) is 11.5 Å². The third kappa shape index (κ3) is 2.92. The van der Waals surface area contributed by atoms with Gasteiger partial charge in [-0.05, 0) is 31.0 Å². The summed E-state index contributed by atoms with van der Waals surface area (Å²) >= 11 is 0. The van der Waals surface area contributed by atoms with Gasteiger partial charge in [0.05, 0.1) is 6.04 Å². The maximum atomic E-state index is 5.99. The summed E-state index contributed by atoms with van der Waals surface area (Å²) in [7, 11) is 0. The third-order valence-electron chi connectivity index (χ3n) is 2.77. The predicted octanol–water partition coefficient (Wildman–Crippen LogP) is 2.63. The fourth-order valence-corrected chi connectivity index (χ4v) is 1.70. The van der Waals surface area contributed by atoms with Crippen molar-refractivity contribution in [1.82, 2.24) is 15.1 Å². The Morgan fingerprint density at radius 3 is 3.00 bits per heavy atom. The van der Waals surface area contributed by atoms with Crippen molar-refractivity contribution in [3.05, 3.63) is 29.8 Å². The average Bonchev–Trinajstić information content (AvgIpc) is 2.85. The molecule has 0 saturated heterocycles. The molecule has 0 radical (unpaired) electrons. The van der Waals surface area contributed by atoms with E-state index >= 15 is 0 Å². The Bertz CT molecular complexity index is 509. The van der Waals surface area contributed by atoms with E-state index in [0.717, 1.165) is 24.8 Å². The van der Waals surface area contributed by atoms with Gasteiger partial charge in [0.25, 0.3) is 0 Å². The summed E-state index contributed by atoms with van der Waals surface area (Å²) in [6.45, 7) is 4.13. The van der Waals surface area contributed by atoms with Gasteiger partial charge in [-0.1, -0.05) is 24.9 Å². The van der Waals surface area contributed by atoms with Crippen LogP contribution >= 0.6 is 0 Å². The molecule has 5 heteroatoms. The highest BCUT2D eigenvalue weighted by molar-refractivity contribution is 5.48. The molecule has 2 rings (SSSR count). The Hall–Kier alpha value is -1.75. The Balaban J connectivity index is 2.15. The Kier molecular flexibility index (Phi) is 4.04. The lowest BCUT2D eigenvalue weighted by molar-refractivity contribution is 0.346. The van der Waals surface area contributed by atoms with Crippen LogP contribution in [0.2, 0.25) is 0 Å². The number of unbranched alkanes of at least 4 members (excludes halogenated alkanes) is 1. The van der Waals surface area contributed by atoms with Crippen LogP contribution in [-0.2, 0) is 0 Å². The maximum Gasteiger partial charge on any atom is 0.243 e. The normalized spacial score (nSPS) is 12.6. The van der Waals surface area contributed by atoms with Crippen LogP contribution in [0.5, 0.6) is 0 Å². The van der Waals surface area contributed by atoms with Crippen molar-refractivity contribution in [3.8, 4) is 11.5 Å². The van der Waals surface area contributed by atoms with Crippen molar-refractivity contribution in [2.24, 2.45) is 5.73 Å². The van der Waals surface area contributed by atoms with Crippen molar-refractivity contribution < 1.29 is 4.52 Å². The molecule has 96 valence electrons. The van der Waals surface area contributed by atoms with Gasteiger partial charge in [-0.2, -0.15) is 4.98 Å². The fourth-order valence-electron chi connectivity index (χ4n) is 1.70. The zero-order chi connectivity index (χ0) is 13.0. The van der Waals surface area contributed by atoms with Crippen LogP contribution in [0, 0.1) is 6.92 Å². The Morgan fingerprint density at radius 2 is 2.28 bits per heavy atom. The van der Waals surface area contributed by atoms with Gasteiger partial charge in [-0.25, -0.2) is 0 Å². The van der Waals surface area contributed by atoms with Gasteiger partial charge in [0, 0.05) is 6.20 Å². The minimum absolute atomic E-state index is 0.184. The molecule has 18 heavy (non-hydrogen) atoms. The summed E-state index contributed by atoms with van der Waals surface area (Å²) < 4.78 is 5.19. The molecule has 1 unspecified atom stereocenters. The average molecular weight is 246 g/mol. The standard InChI is InChI=1S/C13H18N4O/c1-3-4-5-10(14)13-16-12(17-18-13)11-8-9(2)6-7-15-11/h6-8,10H,3-5,14H2,1-2H3. The van der Waals surface area contributed by atoms with Crippen LogP contribution in [-0.4, -0.2) is 15.1 Å². The van der Waals surface area contributed by atoms with Crippen LogP contribution in [0.15, 0.2) is 22.9 Å². The van der Waals surface area contributed by atoms with E-state index in [4.69, 9.17) is 10.3 Å².